The molecule has 11 heteroatoms. The summed E-state index contributed by atoms with van der Waals surface area (Å²) in [5, 5.41) is 19.5. The Kier molecular flexibility index (Phi) is 6.98. The number of aryl methyl sites for hydroxylation is 2. The molecule has 0 unspecified atom stereocenters. The van der Waals surface area contributed by atoms with Crippen LogP contribution >= 0.6 is 11.8 Å². The number of hydrogen-bond donors (Lipinski definition) is 3. The van der Waals surface area contributed by atoms with Gasteiger partial charge in [-0.25, -0.2) is 4.79 Å². The van der Waals surface area contributed by atoms with Crippen molar-refractivity contribution in [3.05, 3.63) is 53.6 Å². The van der Waals surface area contributed by atoms with Crippen LogP contribution in [0.25, 0.3) is 5.69 Å². The summed E-state index contributed by atoms with van der Waals surface area (Å²) in [6.07, 6.45) is 0. The number of benzene rings is 2. The molecule has 0 fully saturated rings. The molecule has 0 aliphatic rings. The largest absolute Gasteiger partial charge is 0.326 e. The van der Waals surface area contributed by atoms with Crippen LogP contribution in [-0.2, 0) is 9.59 Å². The highest BCUT2D eigenvalue weighted by Crippen LogP contribution is 2.20. The van der Waals surface area contributed by atoms with E-state index in [9.17, 15) is 14.4 Å². The van der Waals surface area contributed by atoms with Crippen molar-refractivity contribution in [2.24, 2.45) is 0 Å². The topological polar surface area (TPSA) is 131 Å². The molecule has 31 heavy (non-hydrogen) atoms. The second-order valence-electron chi connectivity index (χ2n) is 6.71. The summed E-state index contributed by atoms with van der Waals surface area (Å²) >= 11 is 1.08. The van der Waals surface area contributed by atoms with E-state index in [1.54, 1.807) is 30.3 Å². The Hall–Kier alpha value is -3.73. The maximum atomic E-state index is 12.2. The monoisotopic (exact) mass is 439 g/mol. The standard InChI is InChI=1S/C20H21N7O3S/c1-12-7-8-17(13(2)9-12)22-19(30)23-18(29)11-31-20-24-25-26-27(20)16-6-4-5-15(10-16)21-14(3)28/h4-10H,11H2,1-3H3,(H,21,28)(H2,22,23,29,30). The lowest BCUT2D eigenvalue weighted by atomic mass is 10.1. The highest BCUT2D eigenvalue weighted by atomic mass is 32.2. The molecule has 0 saturated heterocycles. The molecule has 4 amide bonds. The van der Waals surface area contributed by atoms with Crippen LogP contribution in [0, 0.1) is 13.8 Å². The molecular weight excluding hydrogens is 418 g/mol. The lowest BCUT2D eigenvalue weighted by Crippen LogP contribution is -2.35. The Bertz CT molecular complexity index is 1130. The van der Waals surface area contributed by atoms with Gasteiger partial charge in [0.25, 0.3) is 0 Å². The molecule has 160 valence electrons. The van der Waals surface area contributed by atoms with Gasteiger partial charge in [0.15, 0.2) is 0 Å². The van der Waals surface area contributed by atoms with Crippen LogP contribution in [0.2, 0.25) is 0 Å². The van der Waals surface area contributed by atoms with Gasteiger partial charge in [-0.15, -0.1) is 5.10 Å². The van der Waals surface area contributed by atoms with E-state index in [1.165, 1.54) is 11.6 Å². The molecule has 0 aliphatic heterocycles. The molecule has 3 aromatic rings. The maximum Gasteiger partial charge on any atom is 0.325 e. The second-order valence-corrected chi connectivity index (χ2v) is 7.66. The van der Waals surface area contributed by atoms with E-state index in [2.05, 4.69) is 31.5 Å². The van der Waals surface area contributed by atoms with Crippen molar-refractivity contribution < 1.29 is 14.4 Å². The van der Waals surface area contributed by atoms with E-state index in [-0.39, 0.29) is 11.7 Å². The van der Waals surface area contributed by atoms with Crippen molar-refractivity contribution in [3.8, 4) is 5.69 Å². The van der Waals surface area contributed by atoms with Crippen molar-refractivity contribution in [2.45, 2.75) is 25.9 Å². The average molecular weight is 440 g/mol. The molecule has 3 N–H and O–H groups in total. The molecule has 0 aliphatic carbocycles. The third kappa shape index (κ3) is 6.12. The fourth-order valence-corrected chi connectivity index (χ4v) is 3.44. The minimum atomic E-state index is -0.611. The maximum absolute atomic E-state index is 12.2. The van der Waals surface area contributed by atoms with Gasteiger partial charge in [-0.05, 0) is 54.1 Å². The van der Waals surface area contributed by atoms with Crippen molar-refractivity contribution in [2.75, 3.05) is 16.4 Å². The Morgan fingerprint density at radius 3 is 2.61 bits per heavy atom. The summed E-state index contributed by atoms with van der Waals surface area (Å²) in [7, 11) is 0. The number of thioether (sulfide) groups is 1. The summed E-state index contributed by atoms with van der Waals surface area (Å²) in [4.78, 5) is 35.5. The fourth-order valence-electron chi connectivity index (χ4n) is 2.75. The number of tetrazole rings is 1. The first kappa shape index (κ1) is 22.0. The van der Waals surface area contributed by atoms with Crippen LogP contribution in [0.15, 0.2) is 47.6 Å². The SMILES string of the molecule is CC(=O)Nc1cccc(-n2nnnc2SCC(=O)NC(=O)Nc2ccc(C)cc2C)c1. The molecule has 10 nitrogen and oxygen atoms in total. The number of nitrogens with zero attached hydrogens (tertiary/aromatic N) is 4. The number of nitrogens with one attached hydrogen (secondary N) is 3. The molecule has 0 atom stereocenters. The smallest absolute Gasteiger partial charge is 0.325 e. The molecule has 1 aromatic heterocycles. The van der Waals surface area contributed by atoms with Crippen LogP contribution in [0.3, 0.4) is 0 Å². The predicted octanol–water partition coefficient (Wildman–Crippen LogP) is 2.68. The number of imide groups is 1. The van der Waals surface area contributed by atoms with Crippen LogP contribution in [-0.4, -0.2) is 43.8 Å². The van der Waals surface area contributed by atoms with Crippen LogP contribution in [0.5, 0.6) is 0 Å². The van der Waals surface area contributed by atoms with Gasteiger partial charge in [0.1, 0.15) is 0 Å². The second kappa shape index (κ2) is 9.85. The minimum absolute atomic E-state index is 0.0634. The highest BCUT2D eigenvalue weighted by Gasteiger charge is 2.14. The van der Waals surface area contributed by atoms with Crippen molar-refractivity contribution in [1.82, 2.24) is 25.5 Å². The third-order valence-electron chi connectivity index (χ3n) is 4.07. The van der Waals surface area contributed by atoms with Crippen LogP contribution in [0.4, 0.5) is 16.2 Å². The van der Waals surface area contributed by atoms with Crippen LogP contribution < -0.4 is 16.0 Å². The zero-order valence-electron chi connectivity index (χ0n) is 17.2. The van der Waals surface area contributed by atoms with Gasteiger partial charge in [-0.2, -0.15) is 4.68 Å². The Morgan fingerprint density at radius 1 is 1.06 bits per heavy atom. The average Bonchev–Trinajstić information content (AvgIpc) is 3.17. The molecule has 3 rings (SSSR count). The number of anilines is 2. The summed E-state index contributed by atoms with van der Waals surface area (Å²) < 4.78 is 1.44. The van der Waals surface area contributed by atoms with E-state index in [4.69, 9.17) is 0 Å². The van der Waals surface area contributed by atoms with Gasteiger partial charge in [0.05, 0.1) is 11.4 Å². The van der Waals surface area contributed by atoms with Crippen molar-refractivity contribution in [1.29, 1.82) is 0 Å². The predicted molar refractivity (Wildman–Crippen MR) is 117 cm³/mol. The van der Waals surface area contributed by atoms with Gasteiger partial charge in [-0.1, -0.05) is 35.5 Å². The quantitative estimate of drug-likeness (QED) is 0.503. The summed E-state index contributed by atoms with van der Waals surface area (Å²) in [6, 6.07) is 12.0. The number of carbonyl (C=O) groups is 3. The van der Waals surface area contributed by atoms with Crippen molar-refractivity contribution >= 4 is 41.0 Å². The molecular formula is C20H21N7O3S. The highest BCUT2D eigenvalue weighted by molar-refractivity contribution is 7.99. The number of urea groups is 1. The number of amides is 4. The molecule has 1 heterocycles. The van der Waals surface area contributed by atoms with Crippen molar-refractivity contribution in [3.63, 3.8) is 0 Å². The Labute approximate surface area is 182 Å². The fraction of sp³-hybridized carbons (Fsp3) is 0.200. The number of rotatable bonds is 6. The molecule has 0 radical (unpaired) electrons. The number of carbonyl (C=O) groups excluding carboxylic acids is 3. The zero-order valence-corrected chi connectivity index (χ0v) is 18.0. The summed E-state index contributed by atoms with van der Waals surface area (Å²) in [6.45, 7) is 5.25. The van der Waals surface area contributed by atoms with E-state index < -0.39 is 11.9 Å². The van der Waals surface area contributed by atoms with E-state index in [0.29, 0.717) is 22.2 Å². The van der Waals surface area contributed by atoms with Gasteiger partial charge < -0.3 is 10.6 Å². The van der Waals surface area contributed by atoms with Gasteiger partial charge >= 0.3 is 6.03 Å². The van der Waals surface area contributed by atoms with Gasteiger partial charge in [-0.3, -0.25) is 14.9 Å². The summed E-state index contributed by atoms with van der Waals surface area (Å²) in [5.74, 6) is -0.750. The zero-order chi connectivity index (χ0) is 22.4. The number of hydrogen-bond acceptors (Lipinski definition) is 7. The van der Waals surface area contributed by atoms with Gasteiger partial charge in [0, 0.05) is 18.3 Å². The molecule has 0 spiro atoms. The molecule has 0 saturated carbocycles. The lowest BCUT2D eigenvalue weighted by molar-refractivity contribution is -0.117. The van der Waals surface area contributed by atoms with E-state index in [0.717, 1.165) is 22.9 Å². The lowest BCUT2D eigenvalue weighted by Gasteiger charge is -2.10. The Balaban J connectivity index is 1.58. The first-order valence-electron chi connectivity index (χ1n) is 9.29. The van der Waals surface area contributed by atoms with E-state index >= 15 is 0 Å². The Morgan fingerprint density at radius 2 is 1.87 bits per heavy atom. The van der Waals surface area contributed by atoms with Gasteiger partial charge in [0.2, 0.25) is 17.0 Å². The summed E-state index contributed by atoms with van der Waals surface area (Å²) in [5.41, 5.74) is 3.82. The van der Waals surface area contributed by atoms with E-state index in [1.807, 2.05) is 26.0 Å². The number of aromatic nitrogens is 4. The first-order chi connectivity index (χ1) is 14.8. The van der Waals surface area contributed by atoms with Crippen LogP contribution in [0.1, 0.15) is 18.1 Å². The first-order valence-corrected chi connectivity index (χ1v) is 10.3. The normalized spacial score (nSPS) is 10.4. The minimum Gasteiger partial charge on any atom is -0.326 e. The molecule has 2 aromatic carbocycles. The molecule has 0 bridgehead atoms. The third-order valence-corrected chi connectivity index (χ3v) is 4.99.